The maximum atomic E-state index is 12.9. The molecule has 124 valence electrons. The van der Waals surface area contributed by atoms with Crippen molar-refractivity contribution in [2.45, 2.75) is 25.4 Å². The maximum Gasteiger partial charge on any atom is 0.254 e. The standard InChI is InChI=1S/C18H20N4O2/c19-17-16(20-6-7-21-17)15-11-22(8-9-24-15)18(23)14-5-4-12-2-1-3-13(12)10-14/h4-7,10,15H,1-3,8-9,11H2,(H2,19,21)/t15-/m0/s1. The summed E-state index contributed by atoms with van der Waals surface area (Å²) in [5.74, 6) is 0.398. The number of nitrogens with two attached hydrogens (primary N) is 1. The monoisotopic (exact) mass is 324 g/mol. The quantitative estimate of drug-likeness (QED) is 0.910. The molecule has 6 nitrogen and oxygen atoms in total. The minimum Gasteiger partial charge on any atom is -0.382 e. The highest BCUT2D eigenvalue weighted by Crippen LogP contribution is 2.26. The fraction of sp³-hybridized carbons (Fsp3) is 0.389. The van der Waals surface area contributed by atoms with Crippen molar-refractivity contribution in [3.8, 4) is 0 Å². The smallest absolute Gasteiger partial charge is 0.254 e. The second kappa shape index (κ2) is 6.20. The molecule has 1 amide bonds. The third kappa shape index (κ3) is 2.73. The number of nitrogens with zero attached hydrogens (tertiary/aromatic N) is 3. The number of carbonyl (C=O) groups excluding carboxylic acids is 1. The fourth-order valence-electron chi connectivity index (χ4n) is 3.49. The van der Waals surface area contributed by atoms with Crippen LogP contribution in [-0.2, 0) is 17.6 Å². The van der Waals surface area contributed by atoms with Gasteiger partial charge in [-0.3, -0.25) is 9.78 Å². The molecule has 2 N–H and O–H groups in total. The molecule has 2 heterocycles. The van der Waals surface area contributed by atoms with Crippen molar-refractivity contribution in [3.05, 3.63) is 53.0 Å². The number of fused-ring (bicyclic) bond motifs is 1. The summed E-state index contributed by atoms with van der Waals surface area (Å²) in [6.45, 7) is 1.49. The van der Waals surface area contributed by atoms with Gasteiger partial charge in [0.1, 0.15) is 17.6 Å². The molecule has 24 heavy (non-hydrogen) atoms. The lowest BCUT2D eigenvalue weighted by atomic mass is 10.0. The average molecular weight is 324 g/mol. The van der Waals surface area contributed by atoms with Gasteiger partial charge in [-0.1, -0.05) is 6.07 Å². The summed E-state index contributed by atoms with van der Waals surface area (Å²) in [6, 6.07) is 6.08. The Morgan fingerprint density at radius 3 is 2.92 bits per heavy atom. The third-order valence-electron chi connectivity index (χ3n) is 4.76. The second-order valence-corrected chi connectivity index (χ2v) is 6.27. The molecule has 1 aliphatic carbocycles. The second-order valence-electron chi connectivity index (χ2n) is 6.27. The summed E-state index contributed by atoms with van der Waals surface area (Å²) < 4.78 is 5.76. The van der Waals surface area contributed by atoms with Gasteiger partial charge in [0.05, 0.1) is 13.2 Å². The fourth-order valence-corrected chi connectivity index (χ4v) is 3.49. The van der Waals surface area contributed by atoms with Crippen LogP contribution in [0.15, 0.2) is 30.6 Å². The van der Waals surface area contributed by atoms with Gasteiger partial charge in [0.15, 0.2) is 0 Å². The number of anilines is 1. The first-order chi connectivity index (χ1) is 11.7. The van der Waals surface area contributed by atoms with Gasteiger partial charge in [-0.25, -0.2) is 4.98 Å². The van der Waals surface area contributed by atoms with E-state index in [1.54, 1.807) is 12.4 Å². The van der Waals surface area contributed by atoms with Crippen LogP contribution in [0.1, 0.15) is 39.7 Å². The Bertz CT molecular complexity index is 777. The number of nitrogen functional groups attached to an aromatic ring is 1. The Morgan fingerprint density at radius 2 is 2.04 bits per heavy atom. The summed E-state index contributed by atoms with van der Waals surface area (Å²) >= 11 is 0. The number of benzene rings is 1. The number of aryl methyl sites for hydroxylation is 2. The predicted octanol–water partition coefficient (Wildman–Crippen LogP) is 1.76. The van der Waals surface area contributed by atoms with Crippen LogP contribution in [-0.4, -0.2) is 40.5 Å². The van der Waals surface area contributed by atoms with Crippen LogP contribution in [0.3, 0.4) is 0 Å². The molecular formula is C18H20N4O2. The highest BCUT2D eigenvalue weighted by atomic mass is 16.5. The van der Waals surface area contributed by atoms with Crippen molar-refractivity contribution in [2.24, 2.45) is 0 Å². The Hall–Kier alpha value is -2.47. The molecule has 0 bridgehead atoms. The molecular weight excluding hydrogens is 304 g/mol. The van der Waals surface area contributed by atoms with E-state index in [1.807, 2.05) is 17.0 Å². The zero-order valence-electron chi connectivity index (χ0n) is 13.4. The van der Waals surface area contributed by atoms with Gasteiger partial charge in [-0.15, -0.1) is 0 Å². The summed E-state index contributed by atoms with van der Waals surface area (Å²) in [5, 5.41) is 0. The first kappa shape index (κ1) is 15.1. The van der Waals surface area contributed by atoms with Crippen LogP contribution in [0.2, 0.25) is 0 Å². The molecule has 0 unspecified atom stereocenters. The van der Waals surface area contributed by atoms with Crippen LogP contribution in [0, 0.1) is 0 Å². The first-order valence-electron chi connectivity index (χ1n) is 8.31. The van der Waals surface area contributed by atoms with Gasteiger partial charge in [-0.2, -0.15) is 0 Å². The normalized spacial score (nSPS) is 20.0. The number of hydrogen-bond acceptors (Lipinski definition) is 5. The number of aromatic nitrogens is 2. The lowest BCUT2D eigenvalue weighted by Gasteiger charge is -2.33. The van der Waals surface area contributed by atoms with Crippen LogP contribution < -0.4 is 5.73 Å². The number of amides is 1. The van der Waals surface area contributed by atoms with Crippen LogP contribution in [0.5, 0.6) is 0 Å². The number of morpholine rings is 1. The highest BCUT2D eigenvalue weighted by Gasteiger charge is 2.29. The largest absolute Gasteiger partial charge is 0.382 e. The SMILES string of the molecule is Nc1nccnc1[C@@H]1CN(C(=O)c2ccc3c(c2)CCC3)CCO1. The van der Waals surface area contributed by atoms with Gasteiger partial charge in [-0.05, 0) is 42.5 Å². The molecule has 0 radical (unpaired) electrons. The first-order valence-corrected chi connectivity index (χ1v) is 8.31. The maximum absolute atomic E-state index is 12.9. The molecule has 6 heteroatoms. The zero-order chi connectivity index (χ0) is 16.5. The van der Waals surface area contributed by atoms with Crippen molar-refractivity contribution in [1.29, 1.82) is 0 Å². The van der Waals surface area contributed by atoms with Crippen molar-refractivity contribution >= 4 is 11.7 Å². The topological polar surface area (TPSA) is 81.3 Å². The van der Waals surface area contributed by atoms with E-state index in [-0.39, 0.29) is 12.0 Å². The number of rotatable bonds is 2. The molecule has 2 aliphatic rings. The molecule has 1 aromatic carbocycles. The van der Waals surface area contributed by atoms with E-state index in [2.05, 4.69) is 16.0 Å². The lowest BCUT2D eigenvalue weighted by molar-refractivity contribution is -0.0245. The number of hydrogen-bond donors (Lipinski definition) is 1. The van der Waals surface area contributed by atoms with Crippen LogP contribution in [0.25, 0.3) is 0 Å². The van der Waals surface area contributed by atoms with E-state index in [4.69, 9.17) is 10.5 Å². The van der Waals surface area contributed by atoms with Gasteiger partial charge >= 0.3 is 0 Å². The molecule has 2 aromatic rings. The van der Waals surface area contributed by atoms with Crippen molar-refractivity contribution in [2.75, 3.05) is 25.4 Å². The number of ether oxygens (including phenoxy) is 1. The van der Waals surface area contributed by atoms with E-state index in [0.29, 0.717) is 31.2 Å². The Labute approximate surface area is 140 Å². The van der Waals surface area contributed by atoms with Crippen LogP contribution >= 0.6 is 0 Å². The summed E-state index contributed by atoms with van der Waals surface area (Å²) in [6.07, 6.45) is 6.18. The van der Waals surface area contributed by atoms with Gasteiger partial charge in [0.2, 0.25) is 0 Å². The Balaban J connectivity index is 1.53. The zero-order valence-corrected chi connectivity index (χ0v) is 13.4. The van der Waals surface area contributed by atoms with E-state index in [1.165, 1.54) is 17.5 Å². The lowest BCUT2D eigenvalue weighted by Crippen LogP contribution is -2.42. The molecule has 1 aliphatic heterocycles. The summed E-state index contributed by atoms with van der Waals surface area (Å²) in [5.41, 5.74) is 9.93. The third-order valence-corrected chi connectivity index (χ3v) is 4.76. The Morgan fingerprint density at radius 1 is 1.21 bits per heavy atom. The molecule has 1 aromatic heterocycles. The minimum atomic E-state index is -0.328. The summed E-state index contributed by atoms with van der Waals surface area (Å²) in [4.78, 5) is 23.0. The van der Waals surface area contributed by atoms with E-state index in [9.17, 15) is 4.79 Å². The molecule has 1 saturated heterocycles. The molecule has 1 atom stereocenters. The predicted molar refractivity (Wildman–Crippen MR) is 89.5 cm³/mol. The van der Waals surface area contributed by atoms with Gasteiger partial charge < -0.3 is 15.4 Å². The van der Waals surface area contributed by atoms with Crippen LogP contribution in [0.4, 0.5) is 5.82 Å². The summed E-state index contributed by atoms with van der Waals surface area (Å²) in [7, 11) is 0. The van der Waals surface area contributed by atoms with E-state index in [0.717, 1.165) is 18.4 Å². The van der Waals surface area contributed by atoms with E-state index >= 15 is 0 Å². The highest BCUT2D eigenvalue weighted by molar-refractivity contribution is 5.94. The van der Waals surface area contributed by atoms with E-state index < -0.39 is 0 Å². The van der Waals surface area contributed by atoms with Gasteiger partial charge in [0.25, 0.3) is 5.91 Å². The molecule has 0 saturated carbocycles. The van der Waals surface area contributed by atoms with Crippen molar-refractivity contribution in [3.63, 3.8) is 0 Å². The van der Waals surface area contributed by atoms with Crippen molar-refractivity contribution < 1.29 is 9.53 Å². The van der Waals surface area contributed by atoms with Crippen molar-refractivity contribution in [1.82, 2.24) is 14.9 Å². The van der Waals surface area contributed by atoms with Gasteiger partial charge in [0, 0.05) is 24.5 Å². The Kier molecular flexibility index (Phi) is 3.90. The average Bonchev–Trinajstić information content (AvgIpc) is 3.09. The molecule has 1 fully saturated rings. The molecule has 4 rings (SSSR count). The molecule has 0 spiro atoms. The minimum absolute atomic E-state index is 0.0421. The number of carbonyl (C=O) groups is 1.